The third kappa shape index (κ3) is 4.47. The molecule has 1 amide bonds. The maximum atomic E-state index is 11.8. The molecule has 1 fully saturated rings. The van der Waals surface area contributed by atoms with E-state index in [2.05, 4.69) is 5.32 Å². The number of carbonyl (C=O) groups is 1. The molecule has 1 saturated carbocycles. The van der Waals surface area contributed by atoms with Gasteiger partial charge in [0.2, 0.25) is 5.91 Å². The quantitative estimate of drug-likeness (QED) is 0.812. The Balaban J connectivity index is 1.75. The van der Waals surface area contributed by atoms with E-state index >= 15 is 0 Å². The van der Waals surface area contributed by atoms with Gasteiger partial charge in [0.05, 0.1) is 12.7 Å². The monoisotopic (exact) mass is 297 g/mol. The molecule has 0 saturated heterocycles. The molecular weight excluding hydrogens is 278 g/mol. The second-order valence-corrected chi connectivity index (χ2v) is 5.61. The number of hydrogen-bond acceptors (Lipinski definition) is 3. The maximum absolute atomic E-state index is 11.8. The minimum Gasteiger partial charge on any atom is -0.387 e. The second-order valence-electron chi connectivity index (χ2n) is 5.20. The number of halogens is 1. The first kappa shape index (κ1) is 15.3. The van der Waals surface area contributed by atoms with E-state index in [1.54, 1.807) is 31.2 Å². The van der Waals surface area contributed by atoms with Gasteiger partial charge < -0.3 is 15.2 Å². The lowest BCUT2D eigenvalue weighted by atomic mass is 10.1. The van der Waals surface area contributed by atoms with E-state index in [0.29, 0.717) is 23.1 Å². The smallest absolute Gasteiger partial charge is 0.248 e. The lowest BCUT2D eigenvalue weighted by Crippen LogP contribution is -2.37. The van der Waals surface area contributed by atoms with Gasteiger partial charge in [0, 0.05) is 17.1 Å². The summed E-state index contributed by atoms with van der Waals surface area (Å²) in [7, 11) is 0. The van der Waals surface area contributed by atoms with Crippen LogP contribution in [0.2, 0.25) is 5.02 Å². The van der Waals surface area contributed by atoms with E-state index in [4.69, 9.17) is 16.3 Å². The maximum Gasteiger partial charge on any atom is 0.248 e. The van der Waals surface area contributed by atoms with Crippen LogP contribution >= 0.6 is 11.6 Å². The van der Waals surface area contributed by atoms with Crippen LogP contribution in [0.5, 0.6) is 0 Å². The summed E-state index contributed by atoms with van der Waals surface area (Å²) in [5.41, 5.74) is 0.612. The van der Waals surface area contributed by atoms with E-state index in [1.165, 1.54) is 12.8 Å². The Hall–Kier alpha value is -1.10. The molecule has 0 aromatic heterocycles. The number of benzene rings is 1. The van der Waals surface area contributed by atoms with Gasteiger partial charge in [-0.15, -0.1) is 0 Å². The average molecular weight is 298 g/mol. The highest BCUT2D eigenvalue weighted by Crippen LogP contribution is 2.29. The highest BCUT2D eigenvalue weighted by atomic mass is 35.5. The molecule has 2 rings (SSSR count). The van der Waals surface area contributed by atoms with Crippen LogP contribution in [0.1, 0.15) is 31.4 Å². The molecule has 2 atom stereocenters. The van der Waals surface area contributed by atoms with Crippen molar-refractivity contribution < 1.29 is 14.6 Å². The minimum absolute atomic E-state index is 0.125. The number of carbonyl (C=O) groups excluding carboxylic acids is 1. The third-order valence-electron chi connectivity index (χ3n) is 3.38. The van der Waals surface area contributed by atoms with E-state index < -0.39 is 12.2 Å². The topological polar surface area (TPSA) is 58.6 Å². The molecule has 1 aliphatic carbocycles. The van der Waals surface area contributed by atoms with Gasteiger partial charge in [-0.2, -0.15) is 0 Å². The van der Waals surface area contributed by atoms with Gasteiger partial charge in [-0.25, -0.2) is 0 Å². The first-order valence-electron chi connectivity index (χ1n) is 6.89. The summed E-state index contributed by atoms with van der Waals surface area (Å²) >= 11 is 5.99. The zero-order chi connectivity index (χ0) is 14.5. The second kappa shape index (κ2) is 7.07. The molecule has 1 aromatic carbocycles. The summed E-state index contributed by atoms with van der Waals surface area (Å²) in [4.78, 5) is 11.8. The van der Waals surface area contributed by atoms with Crippen LogP contribution in [0.15, 0.2) is 24.3 Å². The molecule has 0 heterocycles. The molecule has 1 aromatic rings. The predicted octanol–water partition coefficient (Wildman–Crippen LogP) is 2.30. The summed E-state index contributed by atoms with van der Waals surface area (Å²) in [6.45, 7) is 2.49. The summed E-state index contributed by atoms with van der Waals surface area (Å²) < 4.78 is 5.47. The van der Waals surface area contributed by atoms with E-state index in [9.17, 15) is 9.90 Å². The molecule has 0 bridgehead atoms. The van der Waals surface area contributed by atoms with E-state index in [0.717, 1.165) is 0 Å². The van der Waals surface area contributed by atoms with Crippen molar-refractivity contribution in [3.8, 4) is 0 Å². The average Bonchev–Trinajstić information content (AvgIpc) is 3.26. The molecule has 1 aliphatic rings. The molecular formula is C15H20ClNO3. The van der Waals surface area contributed by atoms with Crippen molar-refractivity contribution in [2.24, 2.45) is 5.92 Å². The Kier molecular flexibility index (Phi) is 5.40. The molecule has 0 radical (unpaired) electrons. The molecule has 110 valence electrons. The van der Waals surface area contributed by atoms with Crippen LogP contribution in [0.25, 0.3) is 0 Å². The van der Waals surface area contributed by atoms with Crippen molar-refractivity contribution in [2.75, 3.05) is 13.2 Å². The van der Waals surface area contributed by atoms with Crippen molar-refractivity contribution in [3.63, 3.8) is 0 Å². The van der Waals surface area contributed by atoms with Gasteiger partial charge >= 0.3 is 0 Å². The van der Waals surface area contributed by atoms with E-state index in [1.807, 2.05) is 0 Å². The first-order valence-corrected chi connectivity index (χ1v) is 7.27. The Labute approximate surface area is 124 Å². The summed E-state index contributed by atoms with van der Waals surface area (Å²) in [6.07, 6.45) is 1.08. The van der Waals surface area contributed by atoms with Crippen LogP contribution in [0, 0.1) is 5.92 Å². The highest BCUT2D eigenvalue weighted by Gasteiger charge is 2.24. The zero-order valence-corrected chi connectivity index (χ0v) is 12.3. The van der Waals surface area contributed by atoms with Crippen LogP contribution in [0.4, 0.5) is 0 Å². The number of amides is 1. The molecule has 20 heavy (non-hydrogen) atoms. The number of aliphatic hydroxyl groups excluding tert-OH is 1. The fourth-order valence-electron chi connectivity index (χ4n) is 1.84. The van der Waals surface area contributed by atoms with Crippen molar-refractivity contribution in [2.45, 2.75) is 32.0 Å². The number of nitrogens with one attached hydrogen (secondary N) is 1. The van der Waals surface area contributed by atoms with Crippen molar-refractivity contribution >= 4 is 17.5 Å². The lowest BCUT2D eigenvalue weighted by Gasteiger charge is -2.16. The van der Waals surface area contributed by atoms with Gasteiger partial charge in [-0.05, 0) is 31.7 Å². The number of ether oxygens (including phenoxy) is 1. The van der Waals surface area contributed by atoms with Crippen LogP contribution in [-0.4, -0.2) is 30.3 Å². The fraction of sp³-hybridized carbons (Fsp3) is 0.533. The third-order valence-corrected chi connectivity index (χ3v) is 3.73. The number of hydrogen-bond donors (Lipinski definition) is 2. The lowest BCUT2D eigenvalue weighted by molar-refractivity contribution is -0.132. The van der Waals surface area contributed by atoms with Crippen LogP contribution in [-0.2, 0) is 9.53 Å². The molecule has 0 spiro atoms. The van der Waals surface area contributed by atoms with Crippen molar-refractivity contribution in [1.29, 1.82) is 0 Å². The van der Waals surface area contributed by atoms with Gasteiger partial charge in [0.15, 0.2) is 0 Å². The van der Waals surface area contributed by atoms with Crippen LogP contribution in [0.3, 0.4) is 0 Å². The first-order chi connectivity index (χ1) is 9.58. The normalized spacial score (nSPS) is 17.6. The van der Waals surface area contributed by atoms with Gasteiger partial charge in [0.25, 0.3) is 0 Å². The minimum atomic E-state index is -0.816. The van der Waals surface area contributed by atoms with Gasteiger partial charge in [-0.3, -0.25) is 4.79 Å². The highest BCUT2D eigenvalue weighted by molar-refractivity contribution is 6.31. The summed E-state index contributed by atoms with van der Waals surface area (Å²) in [5.74, 6) is 0.413. The molecule has 0 aliphatic heterocycles. The molecule has 2 unspecified atom stereocenters. The fourth-order valence-corrected chi connectivity index (χ4v) is 2.10. The molecule has 4 nitrogen and oxygen atoms in total. The van der Waals surface area contributed by atoms with Crippen molar-refractivity contribution in [3.05, 3.63) is 34.9 Å². The van der Waals surface area contributed by atoms with Crippen LogP contribution < -0.4 is 5.32 Å². The van der Waals surface area contributed by atoms with Crippen molar-refractivity contribution in [1.82, 2.24) is 5.32 Å². The Morgan fingerprint density at radius 2 is 2.20 bits per heavy atom. The summed E-state index contributed by atoms with van der Waals surface area (Å²) in [6, 6.07) is 7.05. The van der Waals surface area contributed by atoms with E-state index in [-0.39, 0.29) is 12.5 Å². The zero-order valence-electron chi connectivity index (χ0n) is 11.5. The SMILES string of the molecule is CC(OCC1CC1)C(=O)NCC(O)c1ccccc1Cl. The predicted molar refractivity (Wildman–Crippen MR) is 77.6 cm³/mol. The Bertz CT molecular complexity index is 462. The largest absolute Gasteiger partial charge is 0.387 e. The Morgan fingerprint density at radius 1 is 1.50 bits per heavy atom. The number of rotatable bonds is 7. The van der Waals surface area contributed by atoms with Gasteiger partial charge in [-0.1, -0.05) is 29.8 Å². The summed E-state index contributed by atoms with van der Waals surface area (Å²) in [5, 5.41) is 13.2. The van der Waals surface area contributed by atoms with Gasteiger partial charge in [0.1, 0.15) is 6.10 Å². The Morgan fingerprint density at radius 3 is 2.85 bits per heavy atom. The number of aliphatic hydroxyl groups is 1. The molecule has 5 heteroatoms. The molecule has 2 N–H and O–H groups in total. The standard InChI is InChI=1S/C15H20ClNO3/c1-10(20-9-11-6-7-11)15(19)17-8-14(18)12-4-2-3-5-13(12)16/h2-5,10-11,14,18H,6-9H2,1H3,(H,17,19).